The van der Waals surface area contributed by atoms with E-state index in [0.29, 0.717) is 5.92 Å². The molecule has 2 nitrogen and oxygen atoms in total. The van der Waals surface area contributed by atoms with E-state index in [1.807, 2.05) is 0 Å². The summed E-state index contributed by atoms with van der Waals surface area (Å²) in [4.78, 5) is 13.5. The van der Waals surface area contributed by atoms with E-state index in [1.165, 1.54) is 19.3 Å². The zero-order valence-electron chi connectivity index (χ0n) is 10.2. The zero-order chi connectivity index (χ0) is 11.0. The van der Waals surface area contributed by atoms with Gasteiger partial charge in [0, 0.05) is 20.0 Å². The summed E-state index contributed by atoms with van der Waals surface area (Å²) < 4.78 is 0. The minimum Gasteiger partial charge on any atom is -0.342 e. The van der Waals surface area contributed by atoms with Crippen LogP contribution in [0.25, 0.3) is 0 Å². The van der Waals surface area contributed by atoms with Crippen LogP contribution in [0, 0.1) is 23.7 Å². The van der Waals surface area contributed by atoms with Gasteiger partial charge in [-0.05, 0) is 30.1 Å². The molecule has 15 heavy (non-hydrogen) atoms. The van der Waals surface area contributed by atoms with E-state index in [4.69, 9.17) is 0 Å². The third-order valence-corrected chi connectivity index (χ3v) is 4.50. The van der Waals surface area contributed by atoms with Gasteiger partial charge < -0.3 is 4.90 Å². The molecule has 2 fully saturated rings. The predicted octanol–water partition coefficient (Wildman–Crippen LogP) is 2.54. The summed E-state index contributed by atoms with van der Waals surface area (Å²) in [7, 11) is 0. The number of piperidine rings is 1. The minimum absolute atomic E-state index is 0.263. The smallest absolute Gasteiger partial charge is 0.219 e. The first-order valence-electron chi connectivity index (χ1n) is 6.35. The topological polar surface area (TPSA) is 20.3 Å². The Morgan fingerprint density at radius 1 is 1.13 bits per heavy atom. The lowest BCUT2D eigenvalue weighted by Crippen LogP contribution is -2.50. The Labute approximate surface area is 93.0 Å². The predicted molar refractivity (Wildman–Crippen MR) is 61.4 cm³/mol. The van der Waals surface area contributed by atoms with Gasteiger partial charge >= 0.3 is 0 Å². The molecule has 3 unspecified atom stereocenters. The second-order valence-corrected chi connectivity index (χ2v) is 5.65. The number of carbonyl (C=O) groups excluding carboxylic acids is 1. The van der Waals surface area contributed by atoms with Gasteiger partial charge in [0.05, 0.1) is 0 Å². The molecule has 2 aliphatic rings. The van der Waals surface area contributed by atoms with Crippen molar-refractivity contribution < 1.29 is 4.79 Å². The molecule has 86 valence electrons. The second-order valence-electron chi connectivity index (χ2n) is 5.65. The molecule has 2 heteroatoms. The quantitative estimate of drug-likeness (QED) is 0.600. The Morgan fingerprint density at radius 2 is 1.87 bits per heavy atom. The standard InChI is InChI=1S/C13H23NO/c1-9-5-4-6-12-8-14(11(3)15)7-10(2)13(9)12/h9-10,12-13H,4-8H2,1-3H3/t9?,10-,12?,13?/m1/s1. The van der Waals surface area contributed by atoms with Crippen LogP contribution in [0.1, 0.15) is 40.0 Å². The molecule has 0 aromatic rings. The summed E-state index contributed by atoms with van der Waals surface area (Å²) in [5.74, 6) is 3.48. The molecule has 1 saturated carbocycles. The van der Waals surface area contributed by atoms with E-state index >= 15 is 0 Å². The Balaban J connectivity index is 2.09. The maximum atomic E-state index is 11.4. The Hall–Kier alpha value is -0.530. The number of fused-ring (bicyclic) bond motifs is 1. The molecule has 0 aromatic carbocycles. The second kappa shape index (κ2) is 4.15. The van der Waals surface area contributed by atoms with E-state index in [9.17, 15) is 4.79 Å². The number of hydrogen-bond acceptors (Lipinski definition) is 1. The van der Waals surface area contributed by atoms with Gasteiger partial charge in [-0.1, -0.05) is 26.7 Å². The van der Waals surface area contributed by atoms with Gasteiger partial charge in [0.25, 0.3) is 0 Å². The fourth-order valence-electron chi connectivity index (χ4n) is 3.87. The SMILES string of the molecule is CC(=O)N1CC2CCCC(C)C2[C@H](C)C1. The highest BCUT2D eigenvalue weighted by Crippen LogP contribution is 2.42. The lowest BCUT2D eigenvalue weighted by Gasteiger charge is -2.48. The van der Waals surface area contributed by atoms with Gasteiger partial charge in [-0.25, -0.2) is 0 Å². The molecule has 0 N–H and O–H groups in total. The fraction of sp³-hybridized carbons (Fsp3) is 0.923. The molecule has 1 heterocycles. The monoisotopic (exact) mass is 209 g/mol. The molecule has 0 bridgehead atoms. The maximum absolute atomic E-state index is 11.4. The third kappa shape index (κ3) is 2.04. The molecule has 1 aliphatic heterocycles. The highest BCUT2D eigenvalue weighted by atomic mass is 16.2. The first-order valence-corrected chi connectivity index (χ1v) is 6.35. The Kier molecular flexibility index (Phi) is 3.03. The van der Waals surface area contributed by atoms with Crippen LogP contribution in [0.2, 0.25) is 0 Å². The number of likely N-dealkylation sites (tertiary alicyclic amines) is 1. The molecule has 1 amide bonds. The van der Waals surface area contributed by atoms with Gasteiger partial charge in [0.1, 0.15) is 0 Å². The van der Waals surface area contributed by atoms with Crippen molar-refractivity contribution >= 4 is 5.91 Å². The summed E-state index contributed by atoms with van der Waals surface area (Å²) in [5, 5.41) is 0. The number of hydrogen-bond donors (Lipinski definition) is 0. The molecule has 0 aromatic heterocycles. The van der Waals surface area contributed by atoms with Crippen LogP contribution < -0.4 is 0 Å². The summed E-state index contributed by atoms with van der Waals surface area (Å²) in [6.45, 7) is 8.44. The summed E-state index contributed by atoms with van der Waals surface area (Å²) in [6, 6.07) is 0. The van der Waals surface area contributed by atoms with Gasteiger partial charge in [-0.15, -0.1) is 0 Å². The Morgan fingerprint density at radius 3 is 2.53 bits per heavy atom. The van der Waals surface area contributed by atoms with Crippen molar-refractivity contribution in [2.75, 3.05) is 13.1 Å². The van der Waals surface area contributed by atoms with Gasteiger partial charge in [0.2, 0.25) is 5.91 Å². The molecule has 0 radical (unpaired) electrons. The van der Waals surface area contributed by atoms with Crippen molar-refractivity contribution in [3.8, 4) is 0 Å². The van der Waals surface area contributed by atoms with E-state index in [-0.39, 0.29) is 5.91 Å². The van der Waals surface area contributed by atoms with Gasteiger partial charge in [-0.3, -0.25) is 4.79 Å². The van der Waals surface area contributed by atoms with Crippen LogP contribution in [0.4, 0.5) is 0 Å². The van der Waals surface area contributed by atoms with E-state index in [1.54, 1.807) is 6.92 Å². The van der Waals surface area contributed by atoms with E-state index < -0.39 is 0 Å². The molecule has 2 rings (SSSR count). The van der Waals surface area contributed by atoms with Crippen LogP contribution in [0.5, 0.6) is 0 Å². The average Bonchev–Trinajstić information content (AvgIpc) is 2.17. The molecule has 4 atom stereocenters. The third-order valence-electron chi connectivity index (χ3n) is 4.50. The maximum Gasteiger partial charge on any atom is 0.219 e. The zero-order valence-corrected chi connectivity index (χ0v) is 10.2. The molecular weight excluding hydrogens is 186 g/mol. The number of rotatable bonds is 0. The average molecular weight is 209 g/mol. The minimum atomic E-state index is 0.263. The summed E-state index contributed by atoms with van der Waals surface area (Å²) >= 11 is 0. The highest BCUT2D eigenvalue weighted by molar-refractivity contribution is 5.73. The van der Waals surface area contributed by atoms with E-state index in [0.717, 1.165) is 30.8 Å². The number of carbonyl (C=O) groups is 1. The molecule has 1 saturated heterocycles. The van der Waals surface area contributed by atoms with Gasteiger partial charge in [0.15, 0.2) is 0 Å². The summed E-state index contributed by atoms with van der Waals surface area (Å²) in [6.07, 6.45) is 4.09. The largest absolute Gasteiger partial charge is 0.342 e. The van der Waals surface area contributed by atoms with Crippen LogP contribution in [-0.4, -0.2) is 23.9 Å². The summed E-state index contributed by atoms with van der Waals surface area (Å²) in [5.41, 5.74) is 0. The van der Waals surface area contributed by atoms with Crippen LogP contribution in [0.15, 0.2) is 0 Å². The molecule has 1 aliphatic carbocycles. The Bertz CT molecular complexity index is 251. The van der Waals surface area contributed by atoms with Crippen LogP contribution >= 0.6 is 0 Å². The van der Waals surface area contributed by atoms with Crippen molar-refractivity contribution in [1.82, 2.24) is 4.90 Å². The lowest BCUT2D eigenvalue weighted by molar-refractivity contribution is -0.134. The molecule has 0 spiro atoms. The van der Waals surface area contributed by atoms with Crippen molar-refractivity contribution in [3.05, 3.63) is 0 Å². The number of amides is 1. The van der Waals surface area contributed by atoms with E-state index in [2.05, 4.69) is 18.7 Å². The first-order chi connectivity index (χ1) is 7.09. The van der Waals surface area contributed by atoms with Crippen molar-refractivity contribution in [2.24, 2.45) is 23.7 Å². The normalized spacial score (nSPS) is 41.1. The fourth-order valence-corrected chi connectivity index (χ4v) is 3.87. The highest BCUT2D eigenvalue weighted by Gasteiger charge is 2.39. The van der Waals surface area contributed by atoms with Crippen molar-refractivity contribution in [2.45, 2.75) is 40.0 Å². The lowest BCUT2D eigenvalue weighted by atomic mass is 9.65. The first kappa shape index (κ1) is 11.0. The number of nitrogens with zero attached hydrogens (tertiary/aromatic N) is 1. The van der Waals surface area contributed by atoms with Crippen LogP contribution in [-0.2, 0) is 4.79 Å². The van der Waals surface area contributed by atoms with Crippen molar-refractivity contribution in [3.63, 3.8) is 0 Å². The molecular formula is C13H23NO. The van der Waals surface area contributed by atoms with Crippen LogP contribution in [0.3, 0.4) is 0 Å². The van der Waals surface area contributed by atoms with Crippen molar-refractivity contribution in [1.29, 1.82) is 0 Å². The van der Waals surface area contributed by atoms with Gasteiger partial charge in [-0.2, -0.15) is 0 Å².